The van der Waals surface area contributed by atoms with Crippen molar-refractivity contribution in [1.29, 1.82) is 0 Å². The van der Waals surface area contributed by atoms with E-state index < -0.39 is 17.8 Å². The Bertz CT molecular complexity index is 1440. The van der Waals surface area contributed by atoms with E-state index >= 15 is 0 Å². The standard InChI is InChI=1S/C27H20FNO4/c1-3-14-32-20-11-5-17(6-12-20)24-23-25(30)21-15-16(2)4-13-22(21)33-26(23)27(31)29(24)19-9-7-18(28)8-10-19/h3-13,15,24H,1,14H2,2H3. The molecular formula is C27H20FNO4. The molecular weight excluding hydrogens is 421 g/mol. The van der Waals surface area contributed by atoms with Crippen LogP contribution >= 0.6 is 0 Å². The Morgan fingerprint density at radius 1 is 1.06 bits per heavy atom. The molecule has 2 heterocycles. The van der Waals surface area contributed by atoms with Gasteiger partial charge in [-0.25, -0.2) is 4.39 Å². The second-order valence-electron chi connectivity index (χ2n) is 7.90. The van der Waals surface area contributed by atoms with Crippen LogP contribution in [0.4, 0.5) is 10.1 Å². The average Bonchev–Trinajstić information content (AvgIpc) is 3.11. The molecule has 5 nitrogen and oxygen atoms in total. The van der Waals surface area contributed by atoms with Crippen LogP contribution in [0, 0.1) is 12.7 Å². The number of carbonyl (C=O) groups excluding carboxylic acids is 1. The molecule has 1 atom stereocenters. The van der Waals surface area contributed by atoms with Crippen LogP contribution in [0.1, 0.15) is 33.3 Å². The number of rotatable bonds is 5. The first-order chi connectivity index (χ1) is 16.0. The van der Waals surface area contributed by atoms with Crippen LogP contribution in [0.15, 0.2) is 88.6 Å². The van der Waals surface area contributed by atoms with E-state index in [1.165, 1.54) is 29.2 Å². The Balaban J connectivity index is 1.72. The number of halogens is 1. The average molecular weight is 441 g/mol. The zero-order chi connectivity index (χ0) is 23.1. The number of hydrogen-bond acceptors (Lipinski definition) is 4. The molecule has 0 fully saturated rings. The fourth-order valence-electron chi connectivity index (χ4n) is 4.17. The minimum absolute atomic E-state index is 0.00216. The smallest absolute Gasteiger partial charge is 0.295 e. The van der Waals surface area contributed by atoms with Crippen molar-refractivity contribution in [3.05, 3.63) is 118 Å². The van der Waals surface area contributed by atoms with Crippen LogP contribution in [-0.4, -0.2) is 12.5 Å². The number of aryl methyl sites for hydroxylation is 1. The molecule has 164 valence electrons. The first kappa shape index (κ1) is 20.7. The quantitative estimate of drug-likeness (QED) is 0.381. The Hall–Kier alpha value is -4.19. The lowest BCUT2D eigenvalue weighted by atomic mass is 9.98. The van der Waals surface area contributed by atoms with E-state index in [0.29, 0.717) is 34.6 Å². The van der Waals surface area contributed by atoms with Crippen molar-refractivity contribution in [3.8, 4) is 5.75 Å². The molecule has 0 spiro atoms. The summed E-state index contributed by atoms with van der Waals surface area (Å²) in [5.41, 5.74) is 2.44. The summed E-state index contributed by atoms with van der Waals surface area (Å²) in [6, 6.07) is 17.3. The van der Waals surface area contributed by atoms with Gasteiger partial charge in [0.05, 0.1) is 17.0 Å². The Morgan fingerprint density at radius 2 is 1.79 bits per heavy atom. The number of fused-ring (bicyclic) bond motifs is 2. The normalized spacial score (nSPS) is 15.0. The van der Waals surface area contributed by atoms with Crippen molar-refractivity contribution in [1.82, 2.24) is 0 Å². The van der Waals surface area contributed by atoms with Crippen LogP contribution in [0.5, 0.6) is 5.75 Å². The van der Waals surface area contributed by atoms with Crippen LogP contribution in [0.25, 0.3) is 11.0 Å². The summed E-state index contributed by atoms with van der Waals surface area (Å²) in [4.78, 5) is 28.6. The van der Waals surface area contributed by atoms with Gasteiger partial charge in [-0.1, -0.05) is 36.4 Å². The molecule has 0 bridgehead atoms. The zero-order valence-electron chi connectivity index (χ0n) is 17.9. The van der Waals surface area contributed by atoms with Crippen LogP contribution < -0.4 is 15.1 Å². The van der Waals surface area contributed by atoms with Gasteiger partial charge in [0.15, 0.2) is 5.43 Å². The van der Waals surface area contributed by atoms with E-state index in [9.17, 15) is 14.0 Å². The number of carbonyl (C=O) groups is 1. The fourth-order valence-corrected chi connectivity index (χ4v) is 4.17. The van der Waals surface area contributed by atoms with Gasteiger partial charge in [-0.2, -0.15) is 0 Å². The number of benzene rings is 3. The molecule has 1 aliphatic heterocycles. The highest BCUT2D eigenvalue weighted by atomic mass is 19.1. The largest absolute Gasteiger partial charge is 0.490 e. The Labute approximate surface area is 189 Å². The highest BCUT2D eigenvalue weighted by Crippen LogP contribution is 2.41. The number of anilines is 1. The van der Waals surface area contributed by atoms with Gasteiger partial charge in [0.1, 0.15) is 23.8 Å². The zero-order valence-corrected chi connectivity index (χ0v) is 17.9. The van der Waals surface area contributed by atoms with Crippen molar-refractivity contribution in [2.45, 2.75) is 13.0 Å². The van der Waals surface area contributed by atoms with Crippen molar-refractivity contribution >= 4 is 22.6 Å². The maximum atomic E-state index is 13.6. The van der Waals surface area contributed by atoms with Gasteiger partial charge in [0.25, 0.3) is 5.91 Å². The van der Waals surface area contributed by atoms with Gasteiger partial charge >= 0.3 is 0 Å². The number of ether oxygens (including phenoxy) is 1. The molecule has 4 aromatic rings. The van der Waals surface area contributed by atoms with Gasteiger partial charge in [-0.05, 0) is 61.0 Å². The number of amides is 1. The first-order valence-corrected chi connectivity index (χ1v) is 10.5. The van der Waals surface area contributed by atoms with Crippen molar-refractivity contribution < 1.29 is 18.3 Å². The first-order valence-electron chi connectivity index (χ1n) is 10.5. The van der Waals surface area contributed by atoms with Gasteiger partial charge in [-0.15, -0.1) is 0 Å². The van der Waals surface area contributed by atoms with Gasteiger partial charge < -0.3 is 9.15 Å². The Kier molecular flexibility index (Phi) is 5.05. The predicted octanol–water partition coefficient (Wildman–Crippen LogP) is 5.56. The van der Waals surface area contributed by atoms with Gasteiger partial charge in [0, 0.05) is 5.69 Å². The van der Waals surface area contributed by atoms with E-state index in [4.69, 9.17) is 9.15 Å². The molecule has 5 rings (SSSR count). The SMILES string of the molecule is C=CCOc1ccc(C2c3c(oc4ccc(C)cc4c3=O)C(=O)N2c2ccc(F)cc2)cc1. The summed E-state index contributed by atoms with van der Waals surface area (Å²) in [5.74, 6) is -0.234. The molecule has 33 heavy (non-hydrogen) atoms. The van der Waals surface area contributed by atoms with E-state index in [2.05, 4.69) is 6.58 Å². The molecule has 6 heteroatoms. The third-order valence-electron chi connectivity index (χ3n) is 5.69. The van der Waals surface area contributed by atoms with E-state index in [1.807, 2.05) is 25.1 Å². The number of nitrogens with zero attached hydrogens (tertiary/aromatic N) is 1. The second-order valence-corrected chi connectivity index (χ2v) is 7.90. The number of hydrogen-bond donors (Lipinski definition) is 0. The maximum absolute atomic E-state index is 13.6. The topological polar surface area (TPSA) is 59.8 Å². The summed E-state index contributed by atoms with van der Waals surface area (Å²) < 4.78 is 25.1. The van der Waals surface area contributed by atoms with Crippen LogP contribution in [-0.2, 0) is 0 Å². The molecule has 0 aliphatic carbocycles. The summed E-state index contributed by atoms with van der Waals surface area (Å²) in [6.07, 6.45) is 1.65. The van der Waals surface area contributed by atoms with Crippen molar-refractivity contribution in [2.75, 3.05) is 11.5 Å². The summed E-state index contributed by atoms with van der Waals surface area (Å²) in [6.45, 7) is 5.89. The lowest BCUT2D eigenvalue weighted by Gasteiger charge is -2.25. The molecule has 1 aromatic heterocycles. The van der Waals surface area contributed by atoms with Gasteiger partial charge in [0.2, 0.25) is 5.76 Å². The van der Waals surface area contributed by atoms with Gasteiger partial charge in [-0.3, -0.25) is 14.5 Å². The summed E-state index contributed by atoms with van der Waals surface area (Å²) >= 11 is 0. The third-order valence-corrected chi connectivity index (χ3v) is 5.69. The molecule has 0 N–H and O–H groups in total. The molecule has 0 saturated carbocycles. The van der Waals surface area contributed by atoms with E-state index in [-0.39, 0.29) is 16.8 Å². The summed E-state index contributed by atoms with van der Waals surface area (Å²) in [5, 5.41) is 0.415. The molecule has 1 unspecified atom stereocenters. The van der Waals surface area contributed by atoms with Crippen molar-refractivity contribution in [3.63, 3.8) is 0 Å². The molecule has 0 saturated heterocycles. The highest BCUT2D eigenvalue weighted by molar-refractivity contribution is 6.10. The Morgan fingerprint density at radius 3 is 2.48 bits per heavy atom. The molecule has 0 radical (unpaired) electrons. The van der Waals surface area contributed by atoms with Crippen molar-refractivity contribution in [2.24, 2.45) is 0 Å². The lowest BCUT2D eigenvalue weighted by molar-refractivity contribution is 0.0971. The lowest BCUT2D eigenvalue weighted by Crippen LogP contribution is -2.29. The molecule has 1 amide bonds. The third kappa shape index (κ3) is 3.49. The summed E-state index contributed by atoms with van der Waals surface area (Å²) in [7, 11) is 0. The predicted molar refractivity (Wildman–Crippen MR) is 124 cm³/mol. The fraction of sp³-hybridized carbons (Fsp3) is 0.111. The van der Waals surface area contributed by atoms with E-state index in [1.54, 1.807) is 30.3 Å². The van der Waals surface area contributed by atoms with E-state index in [0.717, 1.165) is 5.56 Å². The maximum Gasteiger partial charge on any atom is 0.295 e. The van der Waals surface area contributed by atoms with Crippen LogP contribution in [0.2, 0.25) is 0 Å². The molecule has 3 aromatic carbocycles. The molecule has 1 aliphatic rings. The minimum atomic E-state index is -0.729. The minimum Gasteiger partial charge on any atom is -0.490 e. The monoisotopic (exact) mass is 441 g/mol. The highest BCUT2D eigenvalue weighted by Gasteiger charge is 2.43. The second kappa shape index (κ2) is 8.06. The van der Waals surface area contributed by atoms with Crippen LogP contribution in [0.3, 0.4) is 0 Å².